The molecule has 1 aromatic rings. The Bertz CT molecular complexity index is 297. The highest BCUT2D eigenvalue weighted by molar-refractivity contribution is 5.32. The highest BCUT2D eigenvalue weighted by atomic mass is 16.5. The van der Waals surface area contributed by atoms with Crippen LogP contribution in [0.15, 0.2) is 24.3 Å². The van der Waals surface area contributed by atoms with Gasteiger partial charge in [0.2, 0.25) is 0 Å². The van der Waals surface area contributed by atoms with Crippen LogP contribution in [0.4, 0.5) is 0 Å². The van der Waals surface area contributed by atoms with Gasteiger partial charge in [-0.05, 0) is 31.0 Å². The van der Waals surface area contributed by atoms with Crippen LogP contribution >= 0.6 is 0 Å². The largest absolute Gasteiger partial charge is 0.497 e. The van der Waals surface area contributed by atoms with Crippen molar-refractivity contribution < 1.29 is 9.84 Å². The molecule has 0 bridgehead atoms. The van der Waals surface area contributed by atoms with Gasteiger partial charge in [0.05, 0.1) is 7.11 Å². The van der Waals surface area contributed by atoms with Crippen LogP contribution in [-0.4, -0.2) is 18.8 Å². The number of hydrogen-bond acceptors (Lipinski definition) is 3. The predicted octanol–water partition coefficient (Wildman–Crippen LogP) is 1.25. The number of nitrogens with two attached hydrogens (primary N) is 1. The number of aliphatic hydroxyl groups is 1. The molecule has 0 saturated heterocycles. The normalized spacial score (nSPS) is 14.9. The summed E-state index contributed by atoms with van der Waals surface area (Å²) >= 11 is 0. The van der Waals surface area contributed by atoms with E-state index in [4.69, 9.17) is 15.6 Å². The lowest BCUT2D eigenvalue weighted by Crippen LogP contribution is -2.33. The first kappa shape index (κ1) is 11.0. The van der Waals surface area contributed by atoms with Crippen molar-refractivity contribution in [3.63, 3.8) is 0 Å². The van der Waals surface area contributed by atoms with Crippen molar-refractivity contribution in [2.45, 2.75) is 18.9 Å². The third kappa shape index (κ3) is 2.47. The molecule has 0 aliphatic heterocycles. The van der Waals surface area contributed by atoms with Gasteiger partial charge in [-0.2, -0.15) is 0 Å². The fourth-order valence-corrected chi connectivity index (χ4v) is 1.35. The Morgan fingerprint density at radius 3 is 2.79 bits per heavy atom. The number of rotatable bonds is 4. The minimum Gasteiger partial charge on any atom is -0.497 e. The lowest BCUT2D eigenvalue weighted by atomic mass is 9.90. The first-order valence-electron chi connectivity index (χ1n) is 4.64. The molecule has 0 aromatic heterocycles. The van der Waals surface area contributed by atoms with Gasteiger partial charge in [0.1, 0.15) is 5.75 Å². The Morgan fingerprint density at radius 2 is 2.21 bits per heavy atom. The van der Waals surface area contributed by atoms with Crippen LogP contribution in [0.3, 0.4) is 0 Å². The van der Waals surface area contributed by atoms with Gasteiger partial charge in [-0.3, -0.25) is 0 Å². The van der Waals surface area contributed by atoms with Crippen LogP contribution in [0, 0.1) is 0 Å². The van der Waals surface area contributed by atoms with Gasteiger partial charge < -0.3 is 15.6 Å². The van der Waals surface area contributed by atoms with E-state index >= 15 is 0 Å². The molecule has 0 amide bonds. The Balaban J connectivity index is 2.93. The Hall–Kier alpha value is -1.06. The van der Waals surface area contributed by atoms with Crippen molar-refractivity contribution in [1.82, 2.24) is 0 Å². The van der Waals surface area contributed by atoms with E-state index in [2.05, 4.69) is 0 Å². The quantitative estimate of drug-likeness (QED) is 0.760. The minimum atomic E-state index is -0.497. The molecular weight excluding hydrogens is 178 g/mol. The maximum Gasteiger partial charge on any atom is 0.119 e. The molecule has 1 unspecified atom stereocenters. The summed E-state index contributed by atoms with van der Waals surface area (Å²) in [4.78, 5) is 0. The Kier molecular flexibility index (Phi) is 3.49. The summed E-state index contributed by atoms with van der Waals surface area (Å²) in [6.45, 7) is 1.99. The number of methoxy groups -OCH3 is 1. The van der Waals surface area contributed by atoms with Crippen LogP contribution in [0.25, 0.3) is 0 Å². The Morgan fingerprint density at radius 1 is 1.50 bits per heavy atom. The SMILES string of the molecule is COc1cccc(C(C)(N)CCO)c1. The molecule has 0 aliphatic carbocycles. The number of hydrogen-bond donors (Lipinski definition) is 2. The molecule has 0 saturated carbocycles. The van der Waals surface area contributed by atoms with Crippen molar-refractivity contribution >= 4 is 0 Å². The molecule has 0 heterocycles. The number of aliphatic hydroxyl groups excluding tert-OH is 1. The van der Waals surface area contributed by atoms with Crippen molar-refractivity contribution in [1.29, 1.82) is 0 Å². The van der Waals surface area contributed by atoms with Gasteiger partial charge in [-0.25, -0.2) is 0 Å². The van der Waals surface area contributed by atoms with Gasteiger partial charge >= 0.3 is 0 Å². The molecule has 14 heavy (non-hydrogen) atoms. The summed E-state index contributed by atoms with van der Waals surface area (Å²) in [6, 6.07) is 7.61. The third-order valence-corrected chi connectivity index (χ3v) is 2.36. The van der Waals surface area contributed by atoms with Crippen LogP contribution < -0.4 is 10.5 Å². The summed E-state index contributed by atoms with van der Waals surface area (Å²) in [6.07, 6.45) is 0.542. The fourth-order valence-electron chi connectivity index (χ4n) is 1.35. The van der Waals surface area contributed by atoms with Crippen molar-refractivity contribution in [2.75, 3.05) is 13.7 Å². The van der Waals surface area contributed by atoms with Gasteiger partial charge in [-0.15, -0.1) is 0 Å². The second kappa shape index (κ2) is 4.44. The fraction of sp³-hybridized carbons (Fsp3) is 0.455. The number of ether oxygens (including phenoxy) is 1. The molecule has 3 heteroatoms. The molecule has 1 aromatic carbocycles. The Labute approximate surface area is 84.5 Å². The zero-order chi connectivity index (χ0) is 10.6. The highest BCUT2D eigenvalue weighted by Gasteiger charge is 2.20. The zero-order valence-electron chi connectivity index (χ0n) is 8.66. The van der Waals surface area contributed by atoms with E-state index in [1.807, 2.05) is 31.2 Å². The average Bonchev–Trinajstić information content (AvgIpc) is 2.18. The zero-order valence-corrected chi connectivity index (χ0v) is 8.66. The summed E-state index contributed by atoms with van der Waals surface area (Å²) in [5, 5.41) is 8.88. The van der Waals surface area contributed by atoms with Crippen molar-refractivity contribution in [2.24, 2.45) is 5.73 Å². The molecule has 1 rings (SSSR count). The van der Waals surface area contributed by atoms with Gasteiger partial charge in [0.15, 0.2) is 0 Å². The summed E-state index contributed by atoms with van der Waals surface area (Å²) in [5.41, 5.74) is 6.54. The van der Waals surface area contributed by atoms with E-state index in [9.17, 15) is 0 Å². The smallest absolute Gasteiger partial charge is 0.119 e. The first-order valence-corrected chi connectivity index (χ1v) is 4.64. The van der Waals surface area contributed by atoms with Gasteiger partial charge in [0, 0.05) is 12.1 Å². The number of benzene rings is 1. The predicted molar refractivity (Wildman–Crippen MR) is 56.2 cm³/mol. The van der Waals surface area contributed by atoms with E-state index in [0.29, 0.717) is 6.42 Å². The molecule has 0 aliphatic rings. The van der Waals surface area contributed by atoms with E-state index < -0.39 is 5.54 Å². The summed E-state index contributed by atoms with van der Waals surface area (Å²) in [7, 11) is 1.62. The minimum absolute atomic E-state index is 0.0875. The van der Waals surface area contributed by atoms with Gasteiger partial charge in [-0.1, -0.05) is 12.1 Å². The topological polar surface area (TPSA) is 55.5 Å². The maximum atomic E-state index is 8.88. The maximum absolute atomic E-state index is 8.88. The van der Waals surface area contributed by atoms with E-state index in [0.717, 1.165) is 11.3 Å². The molecule has 0 radical (unpaired) electrons. The lowest BCUT2D eigenvalue weighted by Gasteiger charge is -2.24. The van der Waals surface area contributed by atoms with E-state index in [1.165, 1.54) is 0 Å². The monoisotopic (exact) mass is 195 g/mol. The second-order valence-corrected chi connectivity index (χ2v) is 3.62. The molecular formula is C11H17NO2. The first-order chi connectivity index (χ1) is 6.60. The van der Waals surface area contributed by atoms with Crippen LogP contribution in [-0.2, 0) is 5.54 Å². The average molecular weight is 195 g/mol. The molecule has 0 fully saturated rings. The molecule has 0 spiro atoms. The highest BCUT2D eigenvalue weighted by Crippen LogP contribution is 2.24. The molecule has 78 valence electrons. The van der Waals surface area contributed by atoms with Crippen LogP contribution in [0.1, 0.15) is 18.9 Å². The third-order valence-electron chi connectivity index (χ3n) is 2.36. The molecule has 3 nitrogen and oxygen atoms in total. The molecule has 3 N–H and O–H groups in total. The second-order valence-electron chi connectivity index (χ2n) is 3.62. The molecule has 1 atom stereocenters. The van der Waals surface area contributed by atoms with E-state index in [-0.39, 0.29) is 6.61 Å². The van der Waals surface area contributed by atoms with E-state index in [1.54, 1.807) is 7.11 Å². The lowest BCUT2D eigenvalue weighted by molar-refractivity contribution is 0.247. The standard InChI is InChI=1S/C11H17NO2/c1-11(12,6-7-13)9-4-3-5-10(8-9)14-2/h3-5,8,13H,6-7,12H2,1-2H3. The van der Waals surface area contributed by atoms with Crippen LogP contribution in [0.2, 0.25) is 0 Å². The van der Waals surface area contributed by atoms with Crippen molar-refractivity contribution in [3.8, 4) is 5.75 Å². The van der Waals surface area contributed by atoms with Crippen molar-refractivity contribution in [3.05, 3.63) is 29.8 Å². The van der Waals surface area contributed by atoms with Crippen LogP contribution in [0.5, 0.6) is 5.75 Å². The summed E-state index contributed by atoms with van der Waals surface area (Å²) < 4.78 is 5.11. The van der Waals surface area contributed by atoms with Gasteiger partial charge in [0.25, 0.3) is 0 Å². The summed E-state index contributed by atoms with van der Waals surface area (Å²) in [5.74, 6) is 0.789.